The van der Waals surface area contributed by atoms with Crippen LogP contribution in [0.3, 0.4) is 0 Å². The lowest BCUT2D eigenvalue weighted by atomic mass is 10.0. The molecular formula is C24H30FN5O. The average molecular weight is 424 g/mol. The first-order chi connectivity index (χ1) is 15.2. The largest absolute Gasteiger partial charge is 0.379 e. The third-order valence-electron chi connectivity index (χ3n) is 5.77. The predicted octanol–water partition coefficient (Wildman–Crippen LogP) is 3.09. The summed E-state index contributed by atoms with van der Waals surface area (Å²) in [7, 11) is 1.78. The average Bonchev–Trinajstić information content (AvgIpc) is 3.21. The van der Waals surface area contributed by atoms with E-state index in [0.29, 0.717) is 6.54 Å². The van der Waals surface area contributed by atoms with Gasteiger partial charge in [0.15, 0.2) is 5.96 Å². The minimum atomic E-state index is -0.214. The van der Waals surface area contributed by atoms with Crippen molar-refractivity contribution in [2.75, 3.05) is 46.4 Å². The van der Waals surface area contributed by atoms with Crippen LogP contribution in [-0.2, 0) is 11.2 Å². The zero-order valence-electron chi connectivity index (χ0n) is 17.9. The Hall–Kier alpha value is -2.90. The van der Waals surface area contributed by atoms with E-state index in [1.165, 1.54) is 11.6 Å². The first-order valence-corrected chi connectivity index (χ1v) is 10.8. The fraction of sp³-hybridized carbons (Fsp3) is 0.375. The molecule has 0 radical (unpaired) electrons. The number of H-pyrrole nitrogens is 1. The molecule has 1 aromatic heterocycles. The standard InChI is InChI=1S/C24H30FN5O/c1-26-24(27-10-9-19-16-28-22-8-7-20(25)15-21(19)22)29-17-23(18-5-3-2-4-6-18)30-11-13-31-14-12-30/h2-8,15-16,23,28H,9-14,17H2,1H3,(H2,26,27,29). The van der Waals surface area contributed by atoms with Crippen molar-refractivity contribution >= 4 is 16.9 Å². The molecule has 1 saturated heterocycles. The van der Waals surface area contributed by atoms with E-state index in [9.17, 15) is 4.39 Å². The number of aliphatic imine (C=N–C) groups is 1. The van der Waals surface area contributed by atoms with Gasteiger partial charge in [-0.25, -0.2) is 4.39 Å². The van der Waals surface area contributed by atoms with E-state index in [1.807, 2.05) is 12.3 Å². The van der Waals surface area contributed by atoms with E-state index in [4.69, 9.17) is 4.74 Å². The number of aromatic amines is 1. The lowest BCUT2D eigenvalue weighted by Gasteiger charge is -2.35. The van der Waals surface area contributed by atoms with Crippen LogP contribution < -0.4 is 10.6 Å². The number of nitrogens with one attached hydrogen (secondary N) is 3. The van der Waals surface area contributed by atoms with E-state index in [2.05, 4.69) is 49.8 Å². The van der Waals surface area contributed by atoms with Crippen molar-refractivity contribution in [1.82, 2.24) is 20.5 Å². The van der Waals surface area contributed by atoms with Gasteiger partial charge >= 0.3 is 0 Å². The zero-order valence-corrected chi connectivity index (χ0v) is 17.9. The highest BCUT2D eigenvalue weighted by molar-refractivity contribution is 5.83. The summed E-state index contributed by atoms with van der Waals surface area (Å²) >= 11 is 0. The lowest BCUT2D eigenvalue weighted by molar-refractivity contribution is 0.0170. The minimum absolute atomic E-state index is 0.214. The van der Waals surface area contributed by atoms with E-state index in [-0.39, 0.29) is 11.9 Å². The fourth-order valence-electron chi connectivity index (χ4n) is 4.11. The number of benzene rings is 2. The molecule has 1 aliphatic heterocycles. The molecule has 31 heavy (non-hydrogen) atoms. The number of fused-ring (bicyclic) bond motifs is 1. The summed E-state index contributed by atoms with van der Waals surface area (Å²) in [5, 5.41) is 7.80. The van der Waals surface area contributed by atoms with Crippen LogP contribution in [0.5, 0.6) is 0 Å². The highest BCUT2D eigenvalue weighted by Crippen LogP contribution is 2.21. The lowest BCUT2D eigenvalue weighted by Crippen LogP contribution is -2.46. The van der Waals surface area contributed by atoms with Gasteiger partial charge in [0.25, 0.3) is 0 Å². The molecule has 3 aromatic rings. The highest BCUT2D eigenvalue weighted by atomic mass is 19.1. The molecule has 6 nitrogen and oxygen atoms in total. The number of guanidine groups is 1. The molecular weight excluding hydrogens is 393 g/mol. The second-order valence-corrected chi connectivity index (χ2v) is 7.71. The molecule has 1 atom stereocenters. The summed E-state index contributed by atoms with van der Waals surface area (Å²) in [6.45, 7) is 4.83. The Balaban J connectivity index is 1.34. The maximum absolute atomic E-state index is 13.6. The Morgan fingerprint density at radius 1 is 1.16 bits per heavy atom. The summed E-state index contributed by atoms with van der Waals surface area (Å²) in [5.41, 5.74) is 3.33. The maximum Gasteiger partial charge on any atom is 0.191 e. The van der Waals surface area contributed by atoms with Crippen LogP contribution in [0.2, 0.25) is 0 Å². The number of rotatable bonds is 7. The van der Waals surface area contributed by atoms with Crippen molar-refractivity contribution in [3.05, 3.63) is 71.7 Å². The van der Waals surface area contributed by atoms with E-state index < -0.39 is 0 Å². The number of morpholine rings is 1. The summed E-state index contributed by atoms with van der Waals surface area (Å²) in [5.74, 6) is 0.550. The summed E-state index contributed by atoms with van der Waals surface area (Å²) < 4.78 is 19.1. The van der Waals surface area contributed by atoms with Crippen LogP contribution in [0.15, 0.2) is 59.7 Å². The minimum Gasteiger partial charge on any atom is -0.379 e. The van der Waals surface area contributed by atoms with Gasteiger partial charge in [-0.2, -0.15) is 0 Å². The number of halogens is 1. The third-order valence-corrected chi connectivity index (χ3v) is 5.77. The highest BCUT2D eigenvalue weighted by Gasteiger charge is 2.22. The van der Waals surface area contributed by atoms with Crippen LogP contribution in [-0.4, -0.2) is 62.3 Å². The molecule has 4 rings (SSSR count). The normalized spacial score (nSPS) is 16.4. The van der Waals surface area contributed by atoms with Crippen LogP contribution in [0.4, 0.5) is 4.39 Å². The van der Waals surface area contributed by atoms with Crippen LogP contribution in [0, 0.1) is 5.82 Å². The molecule has 2 heterocycles. The Morgan fingerprint density at radius 3 is 2.74 bits per heavy atom. The second-order valence-electron chi connectivity index (χ2n) is 7.71. The van der Waals surface area contributed by atoms with Crippen LogP contribution in [0.25, 0.3) is 10.9 Å². The quantitative estimate of drug-likeness (QED) is 0.404. The first kappa shape index (κ1) is 21.3. The Morgan fingerprint density at radius 2 is 1.97 bits per heavy atom. The van der Waals surface area contributed by atoms with Crippen LogP contribution >= 0.6 is 0 Å². The topological polar surface area (TPSA) is 64.7 Å². The molecule has 0 saturated carbocycles. The second kappa shape index (κ2) is 10.4. The summed E-state index contributed by atoms with van der Waals surface area (Å²) in [6, 6.07) is 15.6. The molecule has 3 N–H and O–H groups in total. The van der Waals surface area contributed by atoms with Crippen molar-refractivity contribution in [2.24, 2.45) is 4.99 Å². The van der Waals surface area contributed by atoms with Gasteiger partial charge in [-0.05, 0) is 35.7 Å². The van der Waals surface area contributed by atoms with E-state index in [1.54, 1.807) is 19.2 Å². The number of nitrogens with zero attached hydrogens (tertiary/aromatic N) is 2. The molecule has 1 fully saturated rings. The molecule has 2 aromatic carbocycles. The molecule has 0 amide bonds. The fourth-order valence-corrected chi connectivity index (χ4v) is 4.11. The molecule has 0 bridgehead atoms. The zero-order chi connectivity index (χ0) is 21.5. The van der Waals surface area contributed by atoms with Crippen molar-refractivity contribution in [3.63, 3.8) is 0 Å². The smallest absolute Gasteiger partial charge is 0.191 e. The third kappa shape index (κ3) is 5.42. The molecule has 7 heteroatoms. The number of ether oxygens (including phenoxy) is 1. The van der Waals surface area contributed by atoms with Gasteiger partial charge in [-0.15, -0.1) is 0 Å². The number of hydrogen-bond acceptors (Lipinski definition) is 3. The molecule has 1 unspecified atom stereocenters. The van der Waals surface area contributed by atoms with Crippen LogP contribution in [0.1, 0.15) is 17.2 Å². The molecule has 0 spiro atoms. The van der Waals surface area contributed by atoms with Gasteiger partial charge in [-0.1, -0.05) is 30.3 Å². The summed E-state index contributed by atoms with van der Waals surface area (Å²) in [6.07, 6.45) is 2.72. The number of aromatic nitrogens is 1. The van der Waals surface area contributed by atoms with Gasteiger partial charge in [0.05, 0.1) is 19.3 Å². The Labute approximate surface area is 182 Å². The van der Waals surface area contributed by atoms with Crippen molar-refractivity contribution < 1.29 is 9.13 Å². The SMILES string of the molecule is CN=C(NCCc1c[nH]c2ccc(F)cc12)NCC(c1ccccc1)N1CCOCC1. The van der Waals surface area contributed by atoms with Crippen molar-refractivity contribution in [3.8, 4) is 0 Å². The molecule has 164 valence electrons. The Kier molecular flexibility index (Phi) is 7.17. The van der Waals surface area contributed by atoms with Gasteiger partial charge in [0.1, 0.15) is 5.82 Å². The maximum atomic E-state index is 13.6. The van der Waals surface area contributed by atoms with Gasteiger partial charge in [0, 0.05) is 50.3 Å². The van der Waals surface area contributed by atoms with Gasteiger partial charge < -0.3 is 20.4 Å². The number of hydrogen-bond donors (Lipinski definition) is 3. The first-order valence-electron chi connectivity index (χ1n) is 10.8. The van der Waals surface area contributed by atoms with Gasteiger partial charge in [0.2, 0.25) is 0 Å². The predicted molar refractivity (Wildman–Crippen MR) is 123 cm³/mol. The van der Waals surface area contributed by atoms with E-state index >= 15 is 0 Å². The van der Waals surface area contributed by atoms with E-state index in [0.717, 1.165) is 61.7 Å². The van der Waals surface area contributed by atoms with Crippen molar-refractivity contribution in [1.29, 1.82) is 0 Å². The monoisotopic (exact) mass is 423 g/mol. The van der Waals surface area contributed by atoms with Gasteiger partial charge in [-0.3, -0.25) is 9.89 Å². The summed E-state index contributed by atoms with van der Waals surface area (Å²) in [4.78, 5) is 10.0. The molecule has 1 aliphatic rings. The molecule has 0 aliphatic carbocycles. The van der Waals surface area contributed by atoms with Crippen molar-refractivity contribution in [2.45, 2.75) is 12.5 Å². The Bertz CT molecular complexity index is 998.